The topological polar surface area (TPSA) is 26.3 Å². The van der Waals surface area contributed by atoms with E-state index in [1.807, 2.05) is 36.4 Å². The fourth-order valence-corrected chi connectivity index (χ4v) is 10.5. The zero-order valence-corrected chi connectivity index (χ0v) is 28.2. The molecule has 210 valence electrons. The number of ether oxygens (including phenoxy) is 1. The molecule has 1 unspecified atom stereocenters. The van der Waals surface area contributed by atoms with Crippen molar-refractivity contribution in [3.63, 3.8) is 0 Å². The molecule has 38 heavy (non-hydrogen) atoms. The van der Waals surface area contributed by atoms with Crippen LogP contribution < -0.4 is 0 Å². The van der Waals surface area contributed by atoms with E-state index in [-0.39, 0.29) is 32.4 Å². The molecule has 4 saturated carbocycles. The smallest absolute Gasteiger partial charge is 0.331 e. The maximum absolute atomic E-state index is 13.0. The van der Waals surface area contributed by atoms with Gasteiger partial charge in [-0.2, -0.15) is 19.3 Å². The molecule has 0 aliphatic heterocycles. The standard InChI is InChI=1S/C35H51O2.W/c1-24-18-20-33(6)27(25(24)2)15-16-29-32(5)22-23-35(8,31(3,4)28(32)19-21-34(29,33)7)37-30(36)17-14-26-12-10-9-11-13-26;/h9-14,17,25,27-29H,15-16,18-23H2,1-8H3;/q-1;/b17-14+;/t25?,27-,28+,29-,32+,33-,34-,35+;/m1./s1. The van der Waals surface area contributed by atoms with Gasteiger partial charge in [0.1, 0.15) is 5.60 Å². The van der Waals surface area contributed by atoms with Crippen LogP contribution in [0, 0.1) is 51.2 Å². The van der Waals surface area contributed by atoms with Crippen LogP contribution in [0.1, 0.15) is 112 Å². The molecule has 0 amide bonds. The summed E-state index contributed by atoms with van der Waals surface area (Å²) in [6.07, 6.45) is 13.6. The Morgan fingerprint density at radius 2 is 1.58 bits per heavy atom. The van der Waals surface area contributed by atoms with Gasteiger partial charge in [0.2, 0.25) is 0 Å². The monoisotopic (exact) mass is 687 g/mol. The summed E-state index contributed by atoms with van der Waals surface area (Å²) in [7, 11) is 0. The van der Waals surface area contributed by atoms with Gasteiger partial charge in [-0.05, 0) is 78.7 Å². The Morgan fingerprint density at radius 3 is 2.26 bits per heavy atom. The van der Waals surface area contributed by atoms with E-state index in [1.165, 1.54) is 38.5 Å². The van der Waals surface area contributed by atoms with Crippen molar-refractivity contribution in [2.24, 2.45) is 45.3 Å². The van der Waals surface area contributed by atoms with Crippen molar-refractivity contribution >= 4 is 12.0 Å². The van der Waals surface area contributed by atoms with E-state index in [9.17, 15) is 4.79 Å². The number of hydrogen-bond acceptors (Lipinski definition) is 2. The van der Waals surface area contributed by atoms with Gasteiger partial charge >= 0.3 is 5.97 Å². The first-order valence-electron chi connectivity index (χ1n) is 15.1. The molecule has 1 aromatic carbocycles. The van der Waals surface area contributed by atoms with Crippen LogP contribution in [-0.2, 0) is 30.6 Å². The minimum Gasteiger partial charge on any atom is -0.456 e. The number of fused-ring (bicyclic) bond motifs is 5. The second-order valence-corrected chi connectivity index (χ2v) is 14.9. The van der Waals surface area contributed by atoms with Crippen LogP contribution in [0.4, 0.5) is 0 Å². The average Bonchev–Trinajstić information content (AvgIpc) is 2.85. The molecular formula is C35H51O2W-. The van der Waals surface area contributed by atoms with Gasteiger partial charge in [-0.25, -0.2) is 4.79 Å². The van der Waals surface area contributed by atoms with Crippen LogP contribution in [-0.4, -0.2) is 11.6 Å². The quantitative estimate of drug-likeness (QED) is 0.180. The second kappa shape index (κ2) is 10.2. The van der Waals surface area contributed by atoms with Crippen molar-refractivity contribution in [3.8, 4) is 0 Å². The Bertz CT molecular complexity index is 1050. The third-order valence-corrected chi connectivity index (χ3v) is 13.5. The van der Waals surface area contributed by atoms with Crippen LogP contribution in [0.3, 0.4) is 0 Å². The van der Waals surface area contributed by atoms with E-state index in [4.69, 9.17) is 4.74 Å². The van der Waals surface area contributed by atoms with Crippen molar-refractivity contribution in [1.82, 2.24) is 0 Å². The van der Waals surface area contributed by atoms with Crippen LogP contribution >= 0.6 is 0 Å². The van der Waals surface area contributed by atoms with Crippen molar-refractivity contribution in [3.05, 3.63) is 47.9 Å². The van der Waals surface area contributed by atoms with Gasteiger partial charge in [-0.3, -0.25) is 0 Å². The van der Waals surface area contributed by atoms with E-state index < -0.39 is 5.60 Å². The normalized spacial score (nSPS) is 44.3. The molecule has 5 rings (SSSR count). The van der Waals surface area contributed by atoms with E-state index in [0.717, 1.165) is 36.2 Å². The van der Waals surface area contributed by atoms with E-state index in [2.05, 4.69) is 55.4 Å². The first-order valence-corrected chi connectivity index (χ1v) is 15.1. The Morgan fingerprint density at radius 1 is 0.895 bits per heavy atom. The molecule has 0 bridgehead atoms. The van der Waals surface area contributed by atoms with E-state index >= 15 is 0 Å². The summed E-state index contributed by atoms with van der Waals surface area (Å²) in [5.74, 6) is 4.44. The second-order valence-electron chi connectivity index (χ2n) is 14.9. The van der Waals surface area contributed by atoms with Gasteiger partial charge in [0.15, 0.2) is 0 Å². The molecule has 0 radical (unpaired) electrons. The largest absolute Gasteiger partial charge is 0.456 e. The summed E-state index contributed by atoms with van der Waals surface area (Å²) in [6, 6.07) is 10.0. The maximum Gasteiger partial charge on any atom is 0.331 e. The van der Waals surface area contributed by atoms with Crippen molar-refractivity contribution in [2.45, 2.75) is 112 Å². The van der Waals surface area contributed by atoms with Crippen molar-refractivity contribution in [2.75, 3.05) is 0 Å². The Kier molecular flexibility index (Phi) is 8.07. The molecular weight excluding hydrogens is 636 g/mol. The van der Waals surface area contributed by atoms with E-state index in [0.29, 0.717) is 22.2 Å². The summed E-state index contributed by atoms with van der Waals surface area (Å²) >= 11 is 0. The number of benzene rings is 1. The zero-order chi connectivity index (χ0) is 26.9. The minimum atomic E-state index is -0.449. The van der Waals surface area contributed by atoms with Crippen molar-refractivity contribution in [1.29, 1.82) is 0 Å². The Hall–Kier alpha value is -0.882. The summed E-state index contributed by atoms with van der Waals surface area (Å²) in [6.45, 7) is 19.9. The van der Waals surface area contributed by atoms with Crippen LogP contribution in [0.5, 0.6) is 0 Å². The number of carbonyl (C=O) groups is 1. The molecule has 0 aromatic heterocycles. The summed E-state index contributed by atoms with van der Waals surface area (Å²) < 4.78 is 6.37. The number of carbonyl (C=O) groups excluding carboxylic acids is 1. The molecule has 4 fully saturated rings. The van der Waals surface area contributed by atoms with Crippen LogP contribution in [0.15, 0.2) is 36.4 Å². The number of rotatable bonds is 3. The Labute approximate surface area is 247 Å². The maximum atomic E-state index is 13.0. The fraction of sp³-hybridized carbons (Fsp3) is 0.714. The van der Waals surface area contributed by atoms with Crippen molar-refractivity contribution < 1.29 is 30.6 Å². The summed E-state index contributed by atoms with van der Waals surface area (Å²) in [5.41, 5.74) is 1.64. The minimum absolute atomic E-state index is 0. The summed E-state index contributed by atoms with van der Waals surface area (Å²) in [4.78, 5) is 13.0. The molecule has 0 N–H and O–H groups in total. The molecule has 1 aromatic rings. The average molecular weight is 688 g/mol. The van der Waals surface area contributed by atoms with Gasteiger partial charge in [0.25, 0.3) is 0 Å². The predicted molar refractivity (Wildman–Crippen MR) is 154 cm³/mol. The van der Waals surface area contributed by atoms with Gasteiger partial charge in [0.05, 0.1) is 0 Å². The van der Waals surface area contributed by atoms with Crippen LogP contribution in [0.2, 0.25) is 0 Å². The summed E-state index contributed by atoms with van der Waals surface area (Å²) in [5, 5.41) is 0. The molecule has 0 heterocycles. The molecule has 0 saturated heterocycles. The number of esters is 1. The van der Waals surface area contributed by atoms with Crippen LogP contribution in [0.25, 0.3) is 6.08 Å². The third-order valence-electron chi connectivity index (χ3n) is 13.5. The molecule has 4 aliphatic carbocycles. The van der Waals surface area contributed by atoms with Gasteiger partial charge < -0.3 is 10.7 Å². The first kappa shape index (κ1) is 30.1. The van der Waals surface area contributed by atoms with Gasteiger partial charge in [-0.15, -0.1) is 0 Å². The molecule has 2 nitrogen and oxygen atoms in total. The van der Waals surface area contributed by atoms with Gasteiger partial charge in [-0.1, -0.05) is 90.6 Å². The molecule has 0 spiro atoms. The number of hydrogen-bond donors (Lipinski definition) is 0. The van der Waals surface area contributed by atoms with Gasteiger partial charge in [0, 0.05) is 32.6 Å². The Balaban J connectivity index is 0.00000336. The zero-order valence-electron chi connectivity index (χ0n) is 25.2. The molecule has 4 aliphatic rings. The molecule has 3 heteroatoms. The van der Waals surface area contributed by atoms with E-state index in [1.54, 1.807) is 12.0 Å². The molecule has 8 atom stereocenters. The third kappa shape index (κ3) is 4.33. The fourth-order valence-electron chi connectivity index (χ4n) is 10.5. The predicted octanol–water partition coefficient (Wildman–Crippen LogP) is 9.30. The first-order chi connectivity index (χ1) is 17.3. The SMILES string of the molecule is C[C-]1CC[C@]2(C)[C@H](CC[C@@H]3[C@@]4(C)CC[C@](C)(OC(=O)/C=C/c5ccccc5)C(C)(C)[C@@H]4CC[C@]32C)C1C.[W].